The molecule has 0 unspecified atom stereocenters. The molecule has 6 nitrogen and oxygen atoms in total. The lowest BCUT2D eigenvalue weighted by atomic mass is 10.0. The lowest BCUT2D eigenvalue weighted by Gasteiger charge is -2.28. The maximum atomic E-state index is 12.8. The summed E-state index contributed by atoms with van der Waals surface area (Å²) in [6, 6.07) is 14.6. The fourth-order valence-electron chi connectivity index (χ4n) is 3.33. The van der Waals surface area contributed by atoms with Gasteiger partial charge in [-0.2, -0.15) is 0 Å². The van der Waals surface area contributed by atoms with Crippen LogP contribution in [0.15, 0.2) is 53.4 Å². The van der Waals surface area contributed by atoms with Gasteiger partial charge >= 0.3 is 0 Å². The SMILES string of the molecule is CC(C)c1ccc(CN(C2CC2)[C@H](C)C(=O)Nc2ccc(S(N)(=O)=O)cc2)cc1. The van der Waals surface area contributed by atoms with E-state index in [9.17, 15) is 13.2 Å². The first-order chi connectivity index (χ1) is 13.6. The average molecular weight is 416 g/mol. The summed E-state index contributed by atoms with van der Waals surface area (Å²) in [6.07, 6.45) is 2.20. The van der Waals surface area contributed by atoms with Gasteiger partial charge < -0.3 is 5.32 Å². The first kappa shape index (κ1) is 21.5. The standard InChI is InChI=1S/C22H29N3O3S/c1-15(2)18-6-4-17(5-7-18)14-25(20-10-11-20)16(3)22(26)24-19-8-12-21(13-9-19)29(23,27)28/h4-9,12-13,15-16,20H,10-11,14H2,1-3H3,(H,24,26)(H2,23,27,28)/t16-/m1/s1. The van der Waals surface area contributed by atoms with Crippen molar-refractivity contribution in [3.05, 3.63) is 59.7 Å². The van der Waals surface area contributed by atoms with Crippen molar-refractivity contribution in [3.8, 4) is 0 Å². The molecule has 1 saturated carbocycles. The van der Waals surface area contributed by atoms with Crippen molar-refractivity contribution in [3.63, 3.8) is 0 Å². The van der Waals surface area contributed by atoms with Crippen molar-refractivity contribution in [2.45, 2.75) is 63.1 Å². The van der Waals surface area contributed by atoms with E-state index in [0.717, 1.165) is 19.4 Å². The van der Waals surface area contributed by atoms with E-state index in [4.69, 9.17) is 5.14 Å². The minimum Gasteiger partial charge on any atom is -0.325 e. The van der Waals surface area contributed by atoms with Crippen LogP contribution in [0.5, 0.6) is 0 Å². The molecule has 2 aromatic carbocycles. The van der Waals surface area contributed by atoms with Crippen molar-refractivity contribution in [1.82, 2.24) is 4.90 Å². The van der Waals surface area contributed by atoms with Crippen LogP contribution in [0, 0.1) is 0 Å². The Hall–Kier alpha value is -2.22. The Morgan fingerprint density at radius 3 is 2.14 bits per heavy atom. The van der Waals surface area contributed by atoms with Gasteiger partial charge in [0.15, 0.2) is 0 Å². The van der Waals surface area contributed by atoms with E-state index < -0.39 is 10.0 Å². The molecule has 1 aliphatic rings. The normalized spacial score (nSPS) is 15.5. The van der Waals surface area contributed by atoms with Crippen molar-refractivity contribution in [1.29, 1.82) is 0 Å². The number of carbonyl (C=O) groups excluding carboxylic acids is 1. The summed E-state index contributed by atoms with van der Waals surface area (Å²) in [5.41, 5.74) is 3.05. The zero-order chi connectivity index (χ0) is 21.2. The van der Waals surface area contributed by atoms with Crippen LogP contribution in [-0.2, 0) is 21.4 Å². The van der Waals surface area contributed by atoms with Gasteiger partial charge in [-0.25, -0.2) is 13.6 Å². The first-order valence-corrected chi connectivity index (χ1v) is 11.5. The largest absolute Gasteiger partial charge is 0.325 e. The van der Waals surface area contributed by atoms with E-state index in [1.165, 1.54) is 23.3 Å². The quantitative estimate of drug-likeness (QED) is 0.691. The Bertz CT molecular complexity index is 950. The predicted octanol–water partition coefficient (Wildman–Crippen LogP) is 3.45. The molecule has 0 radical (unpaired) electrons. The van der Waals surface area contributed by atoms with E-state index in [-0.39, 0.29) is 16.8 Å². The molecule has 29 heavy (non-hydrogen) atoms. The fraction of sp³-hybridized carbons (Fsp3) is 0.409. The molecule has 3 N–H and O–H groups in total. The van der Waals surface area contributed by atoms with Crippen LogP contribution in [0.3, 0.4) is 0 Å². The number of carbonyl (C=O) groups is 1. The molecule has 0 saturated heterocycles. The Balaban J connectivity index is 1.67. The van der Waals surface area contributed by atoms with Gasteiger partial charge in [0.25, 0.3) is 0 Å². The number of primary sulfonamides is 1. The molecule has 0 bridgehead atoms. The number of hydrogen-bond donors (Lipinski definition) is 2. The van der Waals surface area contributed by atoms with Gasteiger partial charge in [0.1, 0.15) is 0 Å². The molecule has 0 spiro atoms. The highest BCUT2D eigenvalue weighted by molar-refractivity contribution is 7.89. The summed E-state index contributed by atoms with van der Waals surface area (Å²) in [6.45, 7) is 6.98. The molecule has 0 aliphatic heterocycles. The highest BCUT2D eigenvalue weighted by Gasteiger charge is 2.35. The number of benzene rings is 2. The van der Waals surface area contributed by atoms with E-state index in [0.29, 0.717) is 17.6 Å². The lowest BCUT2D eigenvalue weighted by molar-refractivity contribution is -0.121. The summed E-state index contributed by atoms with van der Waals surface area (Å²) in [5.74, 6) is 0.382. The number of amides is 1. The number of hydrogen-bond acceptors (Lipinski definition) is 4. The third-order valence-electron chi connectivity index (χ3n) is 5.35. The smallest absolute Gasteiger partial charge is 0.241 e. The van der Waals surface area contributed by atoms with E-state index in [2.05, 4.69) is 48.3 Å². The second-order valence-electron chi connectivity index (χ2n) is 8.03. The highest BCUT2D eigenvalue weighted by Crippen LogP contribution is 2.31. The molecule has 1 aliphatic carbocycles. The second kappa shape index (κ2) is 8.65. The van der Waals surface area contributed by atoms with Gasteiger partial charge in [0.2, 0.25) is 15.9 Å². The number of nitrogens with one attached hydrogen (secondary N) is 1. The maximum absolute atomic E-state index is 12.8. The Kier molecular flexibility index (Phi) is 6.41. The third-order valence-corrected chi connectivity index (χ3v) is 6.28. The molecule has 1 atom stereocenters. The van der Waals surface area contributed by atoms with E-state index in [1.807, 2.05) is 6.92 Å². The highest BCUT2D eigenvalue weighted by atomic mass is 32.2. The fourth-order valence-corrected chi connectivity index (χ4v) is 3.85. The van der Waals surface area contributed by atoms with Gasteiger partial charge in [0, 0.05) is 18.3 Å². The van der Waals surface area contributed by atoms with Crippen LogP contribution >= 0.6 is 0 Å². The Morgan fingerprint density at radius 2 is 1.66 bits per heavy atom. The third kappa shape index (κ3) is 5.65. The first-order valence-electron chi connectivity index (χ1n) is 9.93. The monoisotopic (exact) mass is 415 g/mol. The van der Waals surface area contributed by atoms with Gasteiger partial charge in [-0.1, -0.05) is 38.1 Å². The van der Waals surface area contributed by atoms with Crippen LogP contribution in [0.4, 0.5) is 5.69 Å². The van der Waals surface area contributed by atoms with Gasteiger partial charge in [-0.05, 0) is 61.1 Å². The van der Waals surface area contributed by atoms with Crippen LogP contribution in [0.2, 0.25) is 0 Å². The van der Waals surface area contributed by atoms with Crippen LogP contribution in [-0.4, -0.2) is 31.3 Å². The van der Waals surface area contributed by atoms with Crippen LogP contribution < -0.4 is 10.5 Å². The minimum atomic E-state index is -3.74. The number of anilines is 1. The zero-order valence-corrected chi connectivity index (χ0v) is 17.9. The zero-order valence-electron chi connectivity index (χ0n) is 17.1. The Morgan fingerprint density at radius 1 is 1.07 bits per heavy atom. The number of rotatable bonds is 8. The van der Waals surface area contributed by atoms with Crippen LogP contribution in [0.25, 0.3) is 0 Å². The summed E-state index contributed by atoms with van der Waals surface area (Å²) in [7, 11) is -3.74. The molecule has 7 heteroatoms. The summed E-state index contributed by atoms with van der Waals surface area (Å²) < 4.78 is 22.7. The number of sulfonamides is 1. The topological polar surface area (TPSA) is 92.5 Å². The predicted molar refractivity (Wildman–Crippen MR) is 115 cm³/mol. The van der Waals surface area contributed by atoms with E-state index >= 15 is 0 Å². The van der Waals surface area contributed by atoms with E-state index in [1.54, 1.807) is 12.1 Å². The number of nitrogens with two attached hydrogens (primary N) is 1. The maximum Gasteiger partial charge on any atom is 0.241 e. The molecular weight excluding hydrogens is 386 g/mol. The molecule has 0 aromatic heterocycles. The van der Waals surface area contributed by atoms with Crippen molar-refractivity contribution in [2.24, 2.45) is 5.14 Å². The van der Waals surface area contributed by atoms with Gasteiger partial charge in [-0.15, -0.1) is 0 Å². The molecule has 3 rings (SSSR count). The summed E-state index contributed by atoms with van der Waals surface area (Å²) >= 11 is 0. The van der Waals surface area contributed by atoms with Crippen molar-refractivity contribution < 1.29 is 13.2 Å². The molecule has 2 aromatic rings. The second-order valence-corrected chi connectivity index (χ2v) is 9.60. The molecule has 1 amide bonds. The summed E-state index contributed by atoms with van der Waals surface area (Å²) in [5, 5.41) is 7.99. The van der Waals surface area contributed by atoms with Crippen molar-refractivity contribution >= 4 is 21.6 Å². The molecule has 1 fully saturated rings. The Labute approximate surface area is 173 Å². The van der Waals surface area contributed by atoms with Crippen molar-refractivity contribution in [2.75, 3.05) is 5.32 Å². The number of nitrogens with zero attached hydrogens (tertiary/aromatic N) is 1. The summed E-state index contributed by atoms with van der Waals surface area (Å²) in [4.78, 5) is 15.1. The van der Waals surface area contributed by atoms with Crippen LogP contribution in [0.1, 0.15) is 50.7 Å². The lowest BCUT2D eigenvalue weighted by Crippen LogP contribution is -2.43. The molecule has 156 valence electrons. The minimum absolute atomic E-state index is 0.0213. The van der Waals surface area contributed by atoms with Gasteiger partial charge in [0.05, 0.1) is 10.9 Å². The molecule has 0 heterocycles. The molecular formula is C22H29N3O3S. The van der Waals surface area contributed by atoms with Gasteiger partial charge in [-0.3, -0.25) is 9.69 Å². The average Bonchev–Trinajstić information content (AvgIpc) is 3.50.